The Balaban J connectivity index is 2.80. The zero-order valence-electron chi connectivity index (χ0n) is 10.6. The monoisotopic (exact) mass is 238 g/mol. The number of aromatic nitrogens is 1. The Hall–Kier alpha value is -2.34. The molecule has 0 saturated carbocycles. The van der Waals surface area contributed by atoms with Gasteiger partial charge in [-0.3, -0.25) is 5.73 Å². The van der Waals surface area contributed by atoms with Gasteiger partial charge in [-0.15, -0.1) is 0 Å². The molecule has 90 valence electrons. The maximum atomic E-state index is 9.30. The lowest BCUT2D eigenvalue weighted by molar-refractivity contribution is -0.373. The number of anilines is 1. The highest BCUT2D eigenvalue weighted by molar-refractivity contribution is 5.77. The Kier molecular flexibility index (Phi) is 3.29. The zero-order chi connectivity index (χ0) is 13.1. The van der Waals surface area contributed by atoms with Crippen LogP contribution in [0.3, 0.4) is 0 Å². The number of H-pyrrole nitrogens is 1. The number of nitriles is 1. The van der Waals surface area contributed by atoms with E-state index >= 15 is 0 Å². The summed E-state index contributed by atoms with van der Waals surface area (Å²) in [6.45, 7) is 4.09. The number of pyridine rings is 1. The van der Waals surface area contributed by atoms with Crippen LogP contribution >= 0.6 is 0 Å². The average Bonchev–Trinajstić information content (AvgIpc) is 2.41. The van der Waals surface area contributed by atoms with Crippen LogP contribution in [0.15, 0.2) is 30.3 Å². The van der Waals surface area contributed by atoms with Crippen molar-refractivity contribution in [1.82, 2.24) is 0 Å². The van der Waals surface area contributed by atoms with Gasteiger partial charge in [-0.1, -0.05) is 37.3 Å². The molecule has 0 aliphatic rings. The highest BCUT2D eigenvalue weighted by Crippen LogP contribution is 2.29. The van der Waals surface area contributed by atoms with Crippen LogP contribution < -0.4 is 10.7 Å². The Morgan fingerprint density at radius 2 is 1.94 bits per heavy atom. The van der Waals surface area contributed by atoms with Gasteiger partial charge in [0.1, 0.15) is 17.3 Å². The summed E-state index contributed by atoms with van der Waals surface area (Å²) in [6.07, 6.45) is 0.863. The summed E-state index contributed by atoms with van der Waals surface area (Å²) < 4.78 is 0. The van der Waals surface area contributed by atoms with Crippen LogP contribution in [0.25, 0.3) is 11.1 Å². The summed E-state index contributed by atoms with van der Waals surface area (Å²) in [5.41, 5.74) is 10.6. The fraction of sp³-hybridized carbons (Fsp3) is 0.200. The highest BCUT2D eigenvalue weighted by atomic mass is 14.8. The molecule has 18 heavy (non-hydrogen) atoms. The second kappa shape index (κ2) is 4.89. The molecule has 0 radical (unpaired) electrons. The molecule has 0 spiro atoms. The number of hydrogen-bond donors (Lipinski definition) is 1. The Labute approximate surface area is 107 Å². The fourth-order valence-electron chi connectivity index (χ4n) is 2.23. The molecule has 1 aromatic carbocycles. The van der Waals surface area contributed by atoms with E-state index in [4.69, 9.17) is 5.73 Å². The number of nitrogens with one attached hydrogen (secondary N) is 1. The summed E-state index contributed by atoms with van der Waals surface area (Å²) in [4.78, 5) is 3.11. The van der Waals surface area contributed by atoms with Crippen molar-refractivity contribution in [1.29, 1.82) is 5.26 Å². The van der Waals surface area contributed by atoms with E-state index in [-0.39, 0.29) is 0 Å². The zero-order valence-corrected chi connectivity index (χ0v) is 10.6. The molecule has 3 N–H and O–H groups in total. The van der Waals surface area contributed by atoms with Crippen LogP contribution in [0.2, 0.25) is 0 Å². The van der Waals surface area contributed by atoms with Crippen molar-refractivity contribution in [2.24, 2.45) is 0 Å². The molecule has 0 fully saturated rings. The number of nitrogens with zero attached hydrogens (tertiary/aromatic N) is 1. The molecule has 0 atom stereocenters. The minimum atomic E-state index is 0.443. The van der Waals surface area contributed by atoms with Crippen LogP contribution in [0.1, 0.15) is 23.7 Å². The third-order valence-corrected chi connectivity index (χ3v) is 3.16. The normalized spacial score (nSPS) is 10.1. The topological polar surface area (TPSA) is 63.9 Å². The van der Waals surface area contributed by atoms with Crippen LogP contribution in [0.5, 0.6) is 0 Å². The van der Waals surface area contributed by atoms with E-state index in [1.807, 2.05) is 37.3 Å². The first kappa shape index (κ1) is 12.1. The number of nitrogen functional groups attached to an aromatic ring is 1. The largest absolute Gasteiger partial charge is 0.289 e. The molecule has 3 nitrogen and oxygen atoms in total. The van der Waals surface area contributed by atoms with Crippen molar-refractivity contribution in [3.63, 3.8) is 0 Å². The first-order valence-corrected chi connectivity index (χ1v) is 5.98. The van der Waals surface area contributed by atoms with Crippen molar-refractivity contribution in [2.45, 2.75) is 20.3 Å². The molecule has 1 aromatic heterocycles. The third-order valence-electron chi connectivity index (χ3n) is 3.16. The molecule has 0 bridgehead atoms. The predicted molar refractivity (Wildman–Crippen MR) is 71.7 cm³/mol. The van der Waals surface area contributed by atoms with E-state index < -0.39 is 0 Å². The summed E-state index contributed by atoms with van der Waals surface area (Å²) in [5, 5.41) is 9.30. The Morgan fingerprint density at radius 3 is 2.50 bits per heavy atom. The summed E-state index contributed by atoms with van der Waals surface area (Å²) >= 11 is 0. The van der Waals surface area contributed by atoms with E-state index in [0.29, 0.717) is 11.4 Å². The molecule has 0 aliphatic carbocycles. The molecule has 2 rings (SSSR count). The summed E-state index contributed by atoms with van der Waals surface area (Å²) in [7, 11) is 0. The number of benzene rings is 1. The van der Waals surface area contributed by atoms with Crippen LogP contribution in [-0.2, 0) is 6.42 Å². The van der Waals surface area contributed by atoms with Crippen LogP contribution in [0.4, 0.5) is 5.82 Å². The number of aromatic amines is 1. The first-order valence-electron chi connectivity index (χ1n) is 5.98. The average molecular weight is 238 g/mol. The van der Waals surface area contributed by atoms with Gasteiger partial charge in [0.2, 0.25) is 0 Å². The lowest BCUT2D eigenvalue weighted by atomic mass is 9.94. The van der Waals surface area contributed by atoms with Gasteiger partial charge in [0.25, 0.3) is 5.82 Å². The van der Waals surface area contributed by atoms with Crippen molar-refractivity contribution in [3.8, 4) is 17.2 Å². The van der Waals surface area contributed by atoms with Gasteiger partial charge in [-0.2, -0.15) is 5.26 Å². The second-order valence-electron chi connectivity index (χ2n) is 4.22. The van der Waals surface area contributed by atoms with Gasteiger partial charge in [0, 0.05) is 17.5 Å². The summed E-state index contributed by atoms with van der Waals surface area (Å²) in [6, 6.07) is 12.1. The van der Waals surface area contributed by atoms with E-state index in [1.165, 1.54) is 0 Å². The Bertz CT molecular complexity index is 609. The number of rotatable bonds is 2. The lowest BCUT2D eigenvalue weighted by Gasteiger charge is -2.10. The number of aryl methyl sites for hydroxylation is 1. The van der Waals surface area contributed by atoms with E-state index in [0.717, 1.165) is 28.8 Å². The lowest BCUT2D eigenvalue weighted by Crippen LogP contribution is -2.20. The Morgan fingerprint density at radius 1 is 1.28 bits per heavy atom. The smallest absolute Gasteiger partial charge is 0.286 e. The first-order chi connectivity index (χ1) is 8.69. The van der Waals surface area contributed by atoms with Crippen molar-refractivity contribution in [2.75, 3.05) is 5.73 Å². The van der Waals surface area contributed by atoms with Gasteiger partial charge in [-0.25, -0.2) is 4.98 Å². The quantitative estimate of drug-likeness (QED) is 0.873. The number of nitrogens with two attached hydrogens (primary N) is 1. The maximum absolute atomic E-state index is 9.30. The molecule has 0 saturated heterocycles. The molecule has 0 amide bonds. The predicted octanol–water partition coefficient (Wildman–Crippen LogP) is 2.49. The molecule has 3 heteroatoms. The molecule has 1 heterocycles. The van der Waals surface area contributed by atoms with Crippen LogP contribution in [0, 0.1) is 18.3 Å². The van der Waals surface area contributed by atoms with Crippen molar-refractivity contribution >= 4 is 5.82 Å². The fourth-order valence-corrected chi connectivity index (χ4v) is 2.23. The standard InChI is InChI=1S/C15H15N3/c1-3-13-10(2)14(11-7-5-4-6-8-11)12(9-16)15(17)18-13/h4-8H,3H2,1-2H3,(H2,17,18)/p+1. The minimum Gasteiger partial charge on any atom is -0.286 e. The maximum Gasteiger partial charge on any atom is 0.289 e. The summed E-state index contributed by atoms with van der Waals surface area (Å²) in [5.74, 6) is 0.443. The molecule has 2 aromatic rings. The van der Waals surface area contributed by atoms with Gasteiger partial charge in [0.15, 0.2) is 0 Å². The molecular weight excluding hydrogens is 222 g/mol. The van der Waals surface area contributed by atoms with Gasteiger partial charge >= 0.3 is 0 Å². The minimum absolute atomic E-state index is 0.443. The van der Waals surface area contributed by atoms with Gasteiger partial charge < -0.3 is 0 Å². The van der Waals surface area contributed by atoms with E-state index in [1.54, 1.807) is 0 Å². The van der Waals surface area contributed by atoms with Gasteiger partial charge in [0.05, 0.1) is 0 Å². The van der Waals surface area contributed by atoms with Gasteiger partial charge in [-0.05, 0) is 12.5 Å². The highest BCUT2D eigenvalue weighted by Gasteiger charge is 2.19. The van der Waals surface area contributed by atoms with Crippen LogP contribution in [-0.4, -0.2) is 0 Å². The number of hydrogen-bond acceptors (Lipinski definition) is 2. The molecule has 0 unspecified atom stereocenters. The van der Waals surface area contributed by atoms with E-state index in [9.17, 15) is 5.26 Å². The van der Waals surface area contributed by atoms with Crippen molar-refractivity contribution < 1.29 is 4.98 Å². The second-order valence-corrected chi connectivity index (χ2v) is 4.22. The molecule has 0 aliphatic heterocycles. The van der Waals surface area contributed by atoms with E-state index in [2.05, 4.69) is 18.0 Å². The molecular formula is C15H16N3+. The van der Waals surface area contributed by atoms with Crippen molar-refractivity contribution in [3.05, 3.63) is 47.2 Å². The SMILES string of the molecule is CCc1[nH+]c(N)c(C#N)c(-c2ccccc2)c1C. The third kappa shape index (κ3) is 1.93.